The minimum absolute atomic E-state index is 0.203. The number of ether oxygens (including phenoxy) is 2. The van der Waals surface area contributed by atoms with Crippen molar-refractivity contribution >= 4 is 17.6 Å². The lowest BCUT2D eigenvalue weighted by Gasteiger charge is -2.24. The number of carbonyl (C=O) groups excluding carboxylic acids is 2. The molecule has 2 aliphatic heterocycles. The maximum atomic E-state index is 12.5. The van der Waals surface area contributed by atoms with Crippen LogP contribution in [0.4, 0.5) is 10.5 Å². The number of imide groups is 1. The lowest BCUT2D eigenvalue weighted by atomic mass is 10.0. The largest absolute Gasteiger partial charge is 0.486 e. The van der Waals surface area contributed by atoms with Gasteiger partial charge in [0.1, 0.15) is 19.3 Å². The van der Waals surface area contributed by atoms with Gasteiger partial charge in [0.05, 0.1) is 6.54 Å². The Kier molecular flexibility index (Phi) is 5.90. The smallest absolute Gasteiger partial charge is 0.326 e. The summed E-state index contributed by atoms with van der Waals surface area (Å²) in [6, 6.07) is 11.5. The number of benzene rings is 2. The number of hydrogen-bond acceptors (Lipinski definition) is 4. The highest BCUT2D eigenvalue weighted by atomic mass is 16.6. The monoisotopic (exact) mass is 410 g/mol. The molecule has 3 amide bonds. The Bertz CT molecular complexity index is 959. The van der Waals surface area contributed by atoms with Crippen molar-refractivity contribution in [2.75, 3.05) is 31.6 Å². The number of urea groups is 1. The van der Waals surface area contributed by atoms with Crippen molar-refractivity contribution in [3.63, 3.8) is 0 Å². The number of anilines is 1. The summed E-state index contributed by atoms with van der Waals surface area (Å²) in [4.78, 5) is 25.9. The molecule has 2 atom stereocenters. The predicted molar refractivity (Wildman–Crippen MR) is 113 cm³/mol. The minimum Gasteiger partial charge on any atom is -0.486 e. The lowest BCUT2D eigenvalue weighted by Crippen LogP contribution is -3.11. The summed E-state index contributed by atoms with van der Waals surface area (Å²) in [5, 5.41) is 5.22. The number of rotatable bonds is 4. The second-order valence-corrected chi connectivity index (χ2v) is 8.00. The molecule has 0 radical (unpaired) electrons. The molecule has 7 nitrogen and oxygen atoms in total. The molecule has 30 heavy (non-hydrogen) atoms. The van der Waals surface area contributed by atoms with E-state index in [1.165, 1.54) is 0 Å². The summed E-state index contributed by atoms with van der Waals surface area (Å²) in [7, 11) is 0. The Morgan fingerprint density at radius 1 is 1.07 bits per heavy atom. The average Bonchev–Trinajstić information content (AvgIpc) is 3.17. The Balaban J connectivity index is 1.36. The van der Waals surface area contributed by atoms with Crippen LogP contribution in [-0.2, 0) is 4.79 Å². The highest BCUT2D eigenvalue weighted by Gasteiger charge is 2.32. The number of amides is 3. The molecule has 2 aromatic carbocycles. The molecule has 0 saturated carbocycles. The van der Waals surface area contributed by atoms with Gasteiger partial charge in [-0.15, -0.1) is 0 Å². The van der Waals surface area contributed by atoms with E-state index in [1.54, 1.807) is 0 Å². The molecular formula is C23H28N3O4+. The van der Waals surface area contributed by atoms with Crippen LogP contribution in [0.5, 0.6) is 11.5 Å². The molecule has 2 heterocycles. The summed E-state index contributed by atoms with van der Waals surface area (Å²) in [6.07, 6.45) is 2.04. The molecule has 2 aromatic rings. The standard InChI is InChI=1S/C23H27N3O4/c1-15-5-7-18(16(2)12-15)24-23(28)25-22(27)14-26-9-3-4-19(26)17-6-8-20-21(13-17)30-11-10-29-20/h5-8,12-13,19H,3-4,9-11,14H2,1-2H3,(H2,24,25,27,28)/p+1/t19-/m1/s1. The molecular weight excluding hydrogens is 382 g/mol. The van der Waals surface area contributed by atoms with Crippen LogP contribution in [0, 0.1) is 13.8 Å². The van der Waals surface area contributed by atoms with Gasteiger partial charge in [-0.1, -0.05) is 17.7 Å². The van der Waals surface area contributed by atoms with Gasteiger partial charge in [-0.3, -0.25) is 10.1 Å². The molecule has 3 N–H and O–H groups in total. The minimum atomic E-state index is -0.499. The number of aryl methyl sites for hydroxylation is 2. The van der Waals surface area contributed by atoms with Crippen LogP contribution in [0.25, 0.3) is 0 Å². The fraction of sp³-hybridized carbons (Fsp3) is 0.391. The van der Waals surface area contributed by atoms with Crippen molar-refractivity contribution in [3.05, 3.63) is 53.1 Å². The van der Waals surface area contributed by atoms with E-state index < -0.39 is 6.03 Å². The first-order valence-corrected chi connectivity index (χ1v) is 10.4. The highest BCUT2D eigenvalue weighted by Crippen LogP contribution is 2.33. The molecule has 158 valence electrons. The van der Waals surface area contributed by atoms with Crippen LogP contribution in [0.2, 0.25) is 0 Å². The molecule has 1 unspecified atom stereocenters. The van der Waals surface area contributed by atoms with Crippen LogP contribution in [-0.4, -0.2) is 38.2 Å². The van der Waals surface area contributed by atoms with E-state index in [0.717, 1.165) is 52.5 Å². The van der Waals surface area contributed by atoms with E-state index >= 15 is 0 Å². The van der Waals surface area contributed by atoms with Gasteiger partial charge >= 0.3 is 6.03 Å². The third-order valence-corrected chi connectivity index (χ3v) is 5.72. The van der Waals surface area contributed by atoms with Gasteiger partial charge in [0.25, 0.3) is 5.91 Å². The summed E-state index contributed by atoms with van der Waals surface area (Å²) in [6.45, 7) is 6.19. The van der Waals surface area contributed by atoms with E-state index in [9.17, 15) is 9.59 Å². The van der Waals surface area contributed by atoms with Crippen LogP contribution >= 0.6 is 0 Å². The Hall–Kier alpha value is -3.06. The average molecular weight is 410 g/mol. The van der Waals surface area contributed by atoms with Crippen molar-refractivity contribution < 1.29 is 24.0 Å². The third kappa shape index (κ3) is 4.57. The van der Waals surface area contributed by atoms with Crippen LogP contribution < -0.4 is 25.0 Å². The summed E-state index contributed by atoms with van der Waals surface area (Å²) in [5.41, 5.74) is 3.92. The number of likely N-dealkylation sites (tertiary alicyclic amines) is 1. The Morgan fingerprint density at radius 3 is 2.67 bits per heavy atom. The summed E-state index contributed by atoms with van der Waals surface area (Å²) in [5.74, 6) is 1.25. The first-order chi connectivity index (χ1) is 14.5. The molecule has 0 bridgehead atoms. The normalized spacial score (nSPS) is 19.9. The second kappa shape index (κ2) is 8.75. The maximum absolute atomic E-state index is 12.5. The van der Waals surface area contributed by atoms with Gasteiger partial charge < -0.3 is 19.7 Å². The fourth-order valence-electron chi connectivity index (χ4n) is 4.29. The van der Waals surface area contributed by atoms with Gasteiger partial charge in [-0.2, -0.15) is 0 Å². The van der Waals surface area contributed by atoms with E-state index in [1.807, 2.05) is 50.2 Å². The first-order valence-electron chi connectivity index (χ1n) is 10.4. The topological polar surface area (TPSA) is 81.1 Å². The van der Waals surface area contributed by atoms with Gasteiger partial charge in [0, 0.05) is 24.1 Å². The van der Waals surface area contributed by atoms with Gasteiger partial charge in [0.2, 0.25) is 0 Å². The third-order valence-electron chi connectivity index (χ3n) is 5.72. The first kappa shape index (κ1) is 20.2. The second-order valence-electron chi connectivity index (χ2n) is 8.00. The van der Waals surface area contributed by atoms with Crippen molar-refractivity contribution in [2.45, 2.75) is 32.7 Å². The molecule has 0 aromatic heterocycles. The lowest BCUT2D eigenvalue weighted by molar-refractivity contribution is -0.910. The number of fused-ring (bicyclic) bond motifs is 1. The molecule has 0 aliphatic carbocycles. The van der Waals surface area contributed by atoms with Crippen molar-refractivity contribution in [2.24, 2.45) is 0 Å². The van der Waals surface area contributed by atoms with Gasteiger partial charge in [-0.25, -0.2) is 4.79 Å². The number of nitrogens with one attached hydrogen (secondary N) is 3. The summed E-state index contributed by atoms with van der Waals surface area (Å²) < 4.78 is 11.3. The zero-order valence-corrected chi connectivity index (χ0v) is 17.4. The van der Waals surface area contributed by atoms with E-state index in [0.29, 0.717) is 18.9 Å². The number of hydrogen-bond donors (Lipinski definition) is 3. The van der Waals surface area contributed by atoms with Crippen molar-refractivity contribution in [3.8, 4) is 11.5 Å². The van der Waals surface area contributed by atoms with Gasteiger partial charge in [0.15, 0.2) is 18.0 Å². The molecule has 0 spiro atoms. The van der Waals surface area contributed by atoms with Crippen LogP contribution in [0.15, 0.2) is 36.4 Å². The fourth-order valence-corrected chi connectivity index (χ4v) is 4.29. The quantitative estimate of drug-likeness (QED) is 0.722. The molecule has 2 aliphatic rings. The number of carbonyl (C=O) groups is 2. The van der Waals surface area contributed by atoms with E-state index in [-0.39, 0.29) is 18.5 Å². The van der Waals surface area contributed by atoms with Gasteiger partial charge in [-0.05, 0) is 43.7 Å². The molecule has 4 rings (SSSR count). The molecule has 1 saturated heterocycles. The van der Waals surface area contributed by atoms with E-state index in [2.05, 4.69) is 10.6 Å². The Morgan fingerprint density at radius 2 is 1.87 bits per heavy atom. The van der Waals surface area contributed by atoms with Crippen molar-refractivity contribution in [1.82, 2.24) is 5.32 Å². The zero-order chi connectivity index (χ0) is 21.1. The Labute approximate surface area is 176 Å². The number of quaternary nitrogens is 1. The molecule has 7 heteroatoms. The van der Waals surface area contributed by atoms with Crippen molar-refractivity contribution in [1.29, 1.82) is 0 Å². The van der Waals surface area contributed by atoms with E-state index in [4.69, 9.17) is 9.47 Å². The SMILES string of the molecule is Cc1ccc(NC(=O)NC(=O)C[NH+]2CCC[C@@H]2c2ccc3c(c2)OCCO3)c(C)c1. The molecule has 1 fully saturated rings. The van der Waals surface area contributed by atoms with Crippen LogP contribution in [0.1, 0.15) is 35.6 Å². The summed E-state index contributed by atoms with van der Waals surface area (Å²) >= 11 is 0. The van der Waals surface area contributed by atoms with Crippen LogP contribution in [0.3, 0.4) is 0 Å². The zero-order valence-electron chi connectivity index (χ0n) is 17.4. The predicted octanol–water partition coefficient (Wildman–Crippen LogP) is 2.14. The maximum Gasteiger partial charge on any atom is 0.326 e. The highest BCUT2D eigenvalue weighted by molar-refractivity contribution is 6.01.